The molecule has 0 aromatic carbocycles. The lowest BCUT2D eigenvalue weighted by atomic mass is 9.98. The van der Waals surface area contributed by atoms with Crippen LogP contribution in [0.4, 0.5) is 0 Å². The van der Waals surface area contributed by atoms with Gasteiger partial charge < -0.3 is 14.6 Å². The maximum absolute atomic E-state index is 11.3. The van der Waals surface area contributed by atoms with Crippen LogP contribution < -0.4 is 0 Å². The Labute approximate surface area is 129 Å². The summed E-state index contributed by atoms with van der Waals surface area (Å²) in [6.07, 6.45) is 0.0709. The van der Waals surface area contributed by atoms with Crippen molar-refractivity contribution in [2.24, 2.45) is 5.92 Å². The Morgan fingerprint density at radius 3 is 2.35 bits per heavy atom. The summed E-state index contributed by atoms with van der Waals surface area (Å²) in [5.74, 6) is -0.639. The lowest BCUT2D eigenvalue weighted by Gasteiger charge is -2.22. The Balaban J connectivity index is 4.44. The summed E-state index contributed by atoms with van der Waals surface area (Å²) in [5.41, 5.74) is -0.836. The molecule has 5 nitrogen and oxygen atoms in total. The molecule has 0 aromatic heterocycles. The Kier molecular flexibility index (Phi) is 9.79. The summed E-state index contributed by atoms with van der Waals surface area (Å²) in [4.78, 5) is 22.3. The maximum Gasteiger partial charge on any atom is 0.302 e. The van der Waals surface area contributed by atoms with Gasteiger partial charge in [-0.3, -0.25) is 9.59 Å². The number of aliphatic hydroxyl groups excluding tert-OH is 1. The first kappa shape index (κ1) is 19.3. The highest BCUT2D eigenvalue weighted by Gasteiger charge is 2.23. The predicted molar refractivity (Wildman–Crippen MR) is 82.5 cm³/mol. The van der Waals surface area contributed by atoms with E-state index in [1.54, 1.807) is 13.8 Å². The Morgan fingerprint density at radius 1 is 1.30 bits per heavy atom. The summed E-state index contributed by atoms with van der Waals surface area (Å²) in [5, 5.41) is 9.90. The van der Waals surface area contributed by atoms with Crippen molar-refractivity contribution in [1.82, 2.24) is 0 Å². The lowest BCUT2D eigenvalue weighted by Crippen LogP contribution is -2.26. The van der Waals surface area contributed by atoms with E-state index < -0.39 is 17.5 Å². The van der Waals surface area contributed by atoms with Crippen LogP contribution in [0.3, 0.4) is 0 Å². The number of hydrogen-bond donors (Lipinski definition) is 1. The lowest BCUT2D eigenvalue weighted by molar-refractivity contribution is -0.148. The quantitative estimate of drug-likeness (QED) is 0.417. The average Bonchev–Trinajstić information content (AvgIpc) is 2.27. The number of rotatable bonds is 8. The fourth-order valence-corrected chi connectivity index (χ4v) is 2.69. The number of ketones is 1. The van der Waals surface area contributed by atoms with E-state index in [9.17, 15) is 14.7 Å². The number of thioether (sulfide) groups is 1. The second-order valence-electron chi connectivity index (χ2n) is 4.47. The minimum atomic E-state index is -0.836. The third-order valence-electron chi connectivity index (χ3n) is 2.60. The molecule has 3 atom stereocenters. The number of esters is 1. The van der Waals surface area contributed by atoms with Crippen molar-refractivity contribution < 1.29 is 24.2 Å². The van der Waals surface area contributed by atoms with Crippen molar-refractivity contribution in [3.8, 4) is 0 Å². The van der Waals surface area contributed by atoms with Gasteiger partial charge in [-0.15, -0.1) is 0 Å². The van der Waals surface area contributed by atoms with Gasteiger partial charge in [0.15, 0.2) is 0 Å². The summed E-state index contributed by atoms with van der Waals surface area (Å²) >= 11 is 5.92. The molecule has 1 N–H and O–H groups in total. The molecule has 0 radical (unpaired) electrons. The van der Waals surface area contributed by atoms with Crippen molar-refractivity contribution in [1.29, 1.82) is 0 Å². The molecule has 0 amide bonds. The molecule has 0 rings (SSSR count). The van der Waals surface area contributed by atoms with Crippen LogP contribution in [-0.2, 0) is 19.1 Å². The molecule has 0 saturated carbocycles. The van der Waals surface area contributed by atoms with Gasteiger partial charge in [-0.25, -0.2) is 0 Å². The molecular formula is C13H22O5S2. The zero-order valence-corrected chi connectivity index (χ0v) is 13.9. The second-order valence-corrected chi connectivity index (χ2v) is 6.25. The van der Waals surface area contributed by atoms with Crippen molar-refractivity contribution in [3.63, 3.8) is 0 Å². The molecule has 116 valence electrons. The van der Waals surface area contributed by atoms with Crippen LogP contribution >= 0.6 is 24.0 Å². The molecule has 0 spiro atoms. The van der Waals surface area contributed by atoms with Crippen LogP contribution in [0.1, 0.15) is 40.5 Å². The monoisotopic (exact) mass is 322 g/mol. The van der Waals surface area contributed by atoms with Crippen LogP contribution in [0.25, 0.3) is 0 Å². The van der Waals surface area contributed by atoms with Gasteiger partial charge in [0.2, 0.25) is 4.38 Å². The molecule has 0 aliphatic carbocycles. The van der Waals surface area contributed by atoms with Gasteiger partial charge in [-0.05, 0) is 44.2 Å². The van der Waals surface area contributed by atoms with Crippen molar-refractivity contribution in [3.05, 3.63) is 0 Å². The van der Waals surface area contributed by atoms with Crippen LogP contribution in [0.2, 0.25) is 0 Å². The third-order valence-corrected chi connectivity index (χ3v) is 3.78. The maximum atomic E-state index is 11.3. The van der Waals surface area contributed by atoms with Crippen molar-refractivity contribution in [2.75, 3.05) is 6.61 Å². The normalized spacial score (nSPS) is 15.1. The molecule has 0 heterocycles. The van der Waals surface area contributed by atoms with E-state index in [1.807, 2.05) is 0 Å². The number of carbonyl (C=O) groups is 2. The summed E-state index contributed by atoms with van der Waals surface area (Å²) in [7, 11) is 0. The van der Waals surface area contributed by atoms with Crippen molar-refractivity contribution in [2.45, 2.75) is 52.1 Å². The first-order chi connectivity index (χ1) is 9.26. The molecule has 0 bridgehead atoms. The summed E-state index contributed by atoms with van der Waals surface area (Å²) < 4.78 is 10.5. The standard InChI is InChI=1S/C13H22O5S2/c1-5-17-13(19)20-12(16)7-11(18-10(4)15)6-8(2)9(3)14/h8,11-12,16H,5-7H2,1-4H3. The van der Waals surface area contributed by atoms with E-state index in [0.717, 1.165) is 11.8 Å². The molecule has 20 heavy (non-hydrogen) atoms. The molecule has 3 unspecified atom stereocenters. The number of aliphatic hydroxyl groups is 1. The minimum absolute atomic E-state index is 0.0223. The second kappa shape index (κ2) is 10.1. The van der Waals surface area contributed by atoms with Gasteiger partial charge in [0, 0.05) is 19.3 Å². The van der Waals surface area contributed by atoms with Crippen molar-refractivity contribution >= 4 is 40.1 Å². The Bertz CT molecular complexity index is 346. The van der Waals surface area contributed by atoms with Crippen LogP contribution in [0.5, 0.6) is 0 Å². The van der Waals surface area contributed by atoms with Crippen LogP contribution in [-0.4, -0.2) is 39.4 Å². The number of hydrogen-bond acceptors (Lipinski definition) is 7. The molecule has 7 heteroatoms. The van der Waals surface area contributed by atoms with Gasteiger partial charge in [-0.2, -0.15) is 0 Å². The highest BCUT2D eigenvalue weighted by Crippen LogP contribution is 2.22. The smallest absolute Gasteiger partial charge is 0.302 e. The van der Waals surface area contributed by atoms with Crippen LogP contribution in [0.15, 0.2) is 0 Å². The molecular weight excluding hydrogens is 300 g/mol. The number of Topliss-reactive ketones (excluding diaryl/α,β-unsaturated/α-hetero) is 1. The average molecular weight is 322 g/mol. The molecule has 0 fully saturated rings. The highest BCUT2D eigenvalue weighted by atomic mass is 32.2. The third kappa shape index (κ3) is 9.28. The number of thiocarbonyl (C=S) groups is 1. The van der Waals surface area contributed by atoms with E-state index in [2.05, 4.69) is 0 Å². The van der Waals surface area contributed by atoms with E-state index in [4.69, 9.17) is 21.7 Å². The van der Waals surface area contributed by atoms with Gasteiger partial charge in [0.1, 0.15) is 17.3 Å². The molecule has 0 aliphatic heterocycles. The fraction of sp³-hybridized carbons (Fsp3) is 0.769. The number of carbonyl (C=O) groups excluding carboxylic acids is 2. The molecule has 0 aliphatic rings. The fourth-order valence-electron chi connectivity index (χ4n) is 1.52. The Hall–Kier alpha value is -0.660. The van der Waals surface area contributed by atoms with Gasteiger partial charge in [-0.1, -0.05) is 6.92 Å². The molecule has 0 aromatic rings. The largest absolute Gasteiger partial charge is 0.479 e. The van der Waals surface area contributed by atoms with Gasteiger partial charge in [0.05, 0.1) is 6.61 Å². The SMILES string of the molecule is CCOC(=S)SC(O)CC(CC(C)C(C)=O)OC(C)=O. The van der Waals surface area contributed by atoms with E-state index >= 15 is 0 Å². The van der Waals surface area contributed by atoms with E-state index in [-0.39, 0.29) is 22.5 Å². The van der Waals surface area contributed by atoms with Gasteiger partial charge >= 0.3 is 5.97 Å². The summed E-state index contributed by atoms with van der Waals surface area (Å²) in [6, 6.07) is 0. The zero-order chi connectivity index (χ0) is 15.7. The first-order valence-corrected chi connectivity index (χ1v) is 7.74. The first-order valence-electron chi connectivity index (χ1n) is 6.45. The van der Waals surface area contributed by atoms with Gasteiger partial charge in [0.25, 0.3) is 0 Å². The zero-order valence-electron chi connectivity index (χ0n) is 12.3. The number of ether oxygens (including phenoxy) is 2. The highest BCUT2D eigenvalue weighted by molar-refractivity contribution is 8.22. The minimum Gasteiger partial charge on any atom is -0.479 e. The predicted octanol–water partition coefficient (Wildman–Crippen LogP) is 2.30. The topological polar surface area (TPSA) is 72.8 Å². The Morgan fingerprint density at radius 2 is 1.90 bits per heavy atom. The van der Waals surface area contributed by atoms with Crippen LogP contribution in [0, 0.1) is 5.92 Å². The van der Waals surface area contributed by atoms with E-state index in [0.29, 0.717) is 13.0 Å². The summed E-state index contributed by atoms with van der Waals surface area (Å²) in [6.45, 7) is 6.80. The van der Waals surface area contributed by atoms with E-state index in [1.165, 1.54) is 13.8 Å². The molecule has 0 saturated heterocycles.